The highest BCUT2D eigenvalue weighted by Crippen LogP contribution is 2.45. The molecule has 0 fully saturated rings. The number of nitrogens with two attached hydrogens (primary N) is 1. The Morgan fingerprint density at radius 1 is 0.917 bits per heavy atom. The standard InChI is InChI=1S/C28H42N2O4Si.BrH/c1-5-20-32-35(33-21-6-2,34-22-7-3)26(18-19-29)28(23-12-10-9-11-13-23)24-14-16-25(17-15-24)30-27(31)8-4;/h8-17,26,28H,4-7,18-22,29H2,1-3H3,(H,30,31);1H. The number of halogens is 1. The first-order valence-electron chi connectivity index (χ1n) is 12.7. The Kier molecular flexibility index (Phi) is 15.8. The fraction of sp³-hybridized carbons (Fsp3) is 0.464. The van der Waals surface area contributed by atoms with Gasteiger partial charge in [0, 0.05) is 37.0 Å². The van der Waals surface area contributed by atoms with Crippen molar-refractivity contribution in [1.29, 1.82) is 0 Å². The van der Waals surface area contributed by atoms with E-state index in [2.05, 4.69) is 69.1 Å². The van der Waals surface area contributed by atoms with Crippen molar-refractivity contribution in [2.75, 3.05) is 31.7 Å². The predicted molar refractivity (Wildman–Crippen MR) is 156 cm³/mol. The van der Waals surface area contributed by atoms with Gasteiger partial charge in [-0.1, -0.05) is 69.8 Å². The molecule has 0 bridgehead atoms. The molecule has 36 heavy (non-hydrogen) atoms. The Morgan fingerprint density at radius 3 is 1.86 bits per heavy atom. The van der Waals surface area contributed by atoms with Crippen LogP contribution >= 0.6 is 17.0 Å². The quantitative estimate of drug-likeness (QED) is 0.166. The van der Waals surface area contributed by atoms with Crippen LogP contribution < -0.4 is 11.1 Å². The summed E-state index contributed by atoms with van der Waals surface area (Å²) in [5.74, 6) is -0.278. The number of carbonyl (C=O) groups is 1. The van der Waals surface area contributed by atoms with E-state index in [0.717, 1.165) is 36.1 Å². The SMILES string of the molecule is Br.C=CC(=O)Nc1ccc(C(c2ccccc2)C(CCN)[Si](OCCC)(OCCC)OCCC)cc1. The van der Waals surface area contributed by atoms with Crippen molar-refractivity contribution >= 4 is 37.4 Å². The molecule has 0 aliphatic heterocycles. The van der Waals surface area contributed by atoms with Crippen molar-refractivity contribution in [1.82, 2.24) is 0 Å². The van der Waals surface area contributed by atoms with Crippen molar-refractivity contribution in [2.24, 2.45) is 5.73 Å². The lowest BCUT2D eigenvalue weighted by molar-refractivity contribution is -0.111. The van der Waals surface area contributed by atoms with Crippen LogP contribution in [0.1, 0.15) is 63.5 Å². The highest BCUT2D eigenvalue weighted by Gasteiger charge is 2.53. The van der Waals surface area contributed by atoms with Crippen LogP contribution in [0.15, 0.2) is 67.3 Å². The molecule has 2 atom stereocenters. The molecule has 2 rings (SSSR count). The molecule has 0 aromatic heterocycles. The molecule has 0 heterocycles. The minimum Gasteiger partial charge on any atom is -0.373 e. The van der Waals surface area contributed by atoms with E-state index in [1.165, 1.54) is 6.08 Å². The monoisotopic (exact) mass is 578 g/mol. The highest BCUT2D eigenvalue weighted by molar-refractivity contribution is 8.93. The van der Waals surface area contributed by atoms with Crippen molar-refractivity contribution in [3.8, 4) is 0 Å². The molecule has 2 aromatic carbocycles. The Labute approximate surface area is 228 Å². The lowest BCUT2D eigenvalue weighted by atomic mass is 9.86. The first-order valence-corrected chi connectivity index (χ1v) is 14.6. The van der Waals surface area contributed by atoms with Gasteiger partial charge in [0.05, 0.1) is 0 Å². The summed E-state index contributed by atoms with van der Waals surface area (Å²) in [7, 11) is -3.15. The van der Waals surface area contributed by atoms with Gasteiger partial charge >= 0.3 is 8.80 Å². The fourth-order valence-corrected chi connectivity index (χ4v) is 7.86. The summed E-state index contributed by atoms with van der Waals surface area (Å²) in [5.41, 5.74) is 9.11. The van der Waals surface area contributed by atoms with E-state index in [1.807, 2.05) is 18.2 Å². The van der Waals surface area contributed by atoms with Crippen LogP contribution in [-0.2, 0) is 18.1 Å². The van der Waals surface area contributed by atoms with Crippen molar-refractivity contribution < 1.29 is 18.1 Å². The van der Waals surface area contributed by atoms with E-state index in [1.54, 1.807) is 0 Å². The lowest BCUT2D eigenvalue weighted by Gasteiger charge is -2.40. The van der Waals surface area contributed by atoms with E-state index in [-0.39, 0.29) is 34.3 Å². The predicted octanol–water partition coefficient (Wildman–Crippen LogP) is 6.46. The third-order valence-electron chi connectivity index (χ3n) is 5.74. The minimum atomic E-state index is -3.15. The molecule has 0 radical (unpaired) electrons. The number of amides is 1. The molecular formula is C28H43BrN2O4Si. The first kappa shape index (κ1) is 32.2. The smallest absolute Gasteiger partial charge is 0.373 e. The normalized spacial score (nSPS) is 12.9. The third-order valence-corrected chi connectivity index (χ3v) is 9.09. The average Bonchev–Trinajstić information content (AvgIpc) is 2.90. The fourth-order valence-electron chi connectivity index (χ4n) is 4.19. The molecule has 0 aliphatic rings. The lowest BCUT2D eigenvalue weighted by Crippen LogP contribution is -2.53. The number of benzene rings is 2. The van der Waals surface area contributed by atoms with E-state index >= 15 is 0 Å². The van der Waals surface area contributed by atoms with Crippen LogP contribution in [-0.4, -0.2) is 41.1 Å². The largest absolute Gasteiger partial charge is 0.505 e. The van der Waals surface area contributed by atoms with E-state index in [9.17, 15) is 4.79 Å². The van der Waals surface area contributed by atoms with Crippen molar-refractivity contribution in [3.05, 3.63) is 78.4 Å². The molecule has 200 valence electrons. The Morgan fingerprint density at radius 2 is 1.42 bits per heavy atom. The van der Waals surface area contributed by atoms with E-state index < -0.39 is 8.80 Å². The molecule has 6 nitrogen and oxygen atoms in total. The van der Waals surface area contributed by atoms with Gasteiger partial charge in [-0.3, -0.25) is 4.79 Å². The molecule has 0 spiro atoms. The second kappa shape index (κ2) is 17.6. The Hall–Kier alpha value is -1.81. The second-order valence-electron chi connectivity index (χ2n) is 8.54. The maximum atomic E-state index is 11.8. The number of carbonyl (C=O) groups excluding carboxylic acids is 1. The maximum absolute atomic E-state index is 11.8. The van der Waals surface area contributed by atoms with Crippen molar-refractivity contribution in [2.45, 2.75) is 57.9 Å². The van der Waals surface area contributed by atoms with Gasteiger partial charge in [0.2, 0.25) is 5.91 Å². The second-order valence-corrected chi connectivity index (χ2v) is 11.4. The van der Waals surface area contributed by atoms with E-state index in [4.69, 9.17) is 19.0 Å². The van der Waals surface area contributed by atoms with Gasteiger partial charge in [0.25, 0.3) is 0 Å². The van der Waals surface area contributed by atoms with Gasteiger partial charge in [-0.15, -0.1) is 17.0 Å². The average molecular weight is 580 g/mol. The minimum absolute atomic E-state index is 0. The number of rotatable bonds is 17. The van der Waals surface area contributed by atoms with Crippen LogP contribution in [0.2, 0.25) is 5.54 Å². The number of hydrogen-bond acceptors (Lipinski definition) is 5. The van der Waals surface area contributed by atoms with Gasteiger partial charge in [0.15, 0.2) is 0 Å². The first-order chi connectivity index (χ1) is 17.0. The molecule has 0 saturated carbocycles. The summed E-state index contributed by atoms with van der Waals surface area (Å²) in [4.78, 5) is 11.8. The molecular weight excluding hydrogens is 536 g/mol. The molecule has 1 amide bonds. The van der Waals surface area contributed by atoms with Crippen LogP contribution in [0, 0.1) is 0 Å². The zero-order valence-electron chi connectivity index (χ0n) is 21.9. The molecule has 8 heteroatoms. The van der Waals surface area contributed by atoms with Crippen molar-refractivity contribution in [3.63, 3.8) is 0 Å². The topological polar surface area (TPSA) is 82.8 Å². The van der Waals surface area contributed by atoms with E-state index in [0.29, 0.717) is 32.8 Å². The van der Waals surface area contributed by atoms with Crippen LogP contribution in [0.25, 0.3) is 0 Å². The summed E-state index contributed by atoms with van der Waals surface area (Å²) in [6.07, 6.45) is 4.60. The number of nitrogens with one attached hydrogen (secondary N) is 1. The van der Waals surface area contributed by atoms with Gasteiger partial charge in [0.1, 0.15) is 0 Å². The molecule has 3 N–H and O–H groups in total. The molecule has 2 unspecified atom stereocenters. The van der Waals surface area contributed by atoms with Gasteiger partial charge in [-0.2, -0.15) is 0 Å². The summed E-state index contributed by atoms with van der Waals surface area (Å²) >= 11 is 0. The number of hydrogen-bond donors (Lipinski definition) is 2. The highest BCUT2D eigenvalue weighted by atomic mass is 79.9. The van der Waals surface area contributed by atoms with Crippen LogP contribution in [0.4, 0.5) is 5.69 Å². The zero-order valence-corrected chi connectivity index (χ0v) is 24.6. The Bertz CT molecular complexity index is 861. The molecule has 0 saturated heterocycles. The maximum Gasteiger partial charge on any atom is 0.505 e. The summed E-state index contributed by atoms with van der Waals surface area (Å²) in [6.45, 7) is 12.1. The van der Waals surface area contributed by atoms with Crippen LogP contribution in [0.5, 0.6) is 0 Å². The molecule has 0 aliphatic carbocycles. The summed E-state index contributed by atoms with van der Waals surface area (Å²) in [5, 5.41) is 2.82. The van der Waals surface area contributed by atoms with Crippen LogP contribution in [0.3, 0.4) is 0 Å². The summed E-state index contributed by atoms with van der Waals surface area (Å²) < 4.78 is 19.8. The number of anilines is 1. The van der Waals surface area contributed by atoms with Gasteiger partial charge < -0.3 is 24.3 Å². The summed E-state index contributed by atoms with van der Waals surface area (Å²) in [6, 6.07) is 18.3. The Balaban J connectivity index is 0.00000648. The zero-order chi connectivity index (χ0) is 25.5. The third kappa shape index (κ3) is 9.25. The molecule has 2 aromatic rings. The van der Waals surface area contributed by atoms with Gasteiger partial charge in [-0.25, -0.2) is 0 Å². The van der Waals surface area contributed by atoms with Gasteiger partial charge in [-0.05, 0) is 61.6 Å².